The third kappa shape index (κ3) is 3.32. The number of hydrogen-bond donors (Lipinski definition) is 2. The van der Waals surface area contributed by atoms with Crippen LogP contribution in [0.1, 0.15) is 21.8 Å². The van der Waals surface area contributed by atoms with Crippen molar-refractivity contribution in [3.63, 3.8) is 0 Å². The summed E-state index contributed by atoms with van der Waals surface area (Å²) in [5.41, 5.74) is 2.23. The molecule has 0 bridgehead atoms. The molecule has 118 valence electrons. The lowest BCUT2D eigenvalue weighted by molar-refractivity contribution is -0.134. The summed E-state index contributed by atoms with van der Waals surface area (Å²) in [6.45, 7) is 3.89. The lowest BCUT2D eigenvalue weighted by Gasteiger charge is -2.08. The fraction of sp³-hybridized carbons (Fsp3) is 0.235. The molecule has 3 aromatic rings. The molecule has 2 heterocycles. The van der Waals surface area contributed by atoms with Crippen LogP contribution in [0.25, 0.3) is 10.2 Å². The maximum atomic E-state index is 10.9. The Hall–Kier alpha value is -2.47. The normalized spacial score (nSPS) is 10.9. The molecule has 23 heavy (non-hydrogen) atoms. The van der Waals surface area contributed by atoms with Crippen molar-refractivity contribution in [3.05, 3.63) is 52.2 Å². The van der Waals surface area contributed by atoms with E-state index in [-0.39, 0.29) is 6.54 Å². The van der Waals surface area contributed by atoms with E-state index in [1.165, 1.54) is 4.88 Å². The molecule has 0 radical (unpaired) electrons. The van der Waals surface area contributed by atoms with E-state index < -0.39 is 5.97 Å². The zero-order valence-corrected chi connectivity index (χ0v) is 13.8. The van der Waals surface area contributed by atoms with Crippen molar-refractivity contribution in [2.24, 2.45) is 0 Å². The third-order valence-corrected chi connectivity index (χ3v) is 4.79. The van der Waals surface area contributed by atoms with Crippen molar-refractivity contribution in [3.8, 4) is 0 Å². The van der Waals surface area contributed by atoms with Crippen LogP contribution < -0.4 is 5.32 Å². The number of carboxylic acid groups (broad SMARTS) is 1. The molecule has 0 amide bonds. The van der Waals surface area contributed by atoms with Crippen molar-refractivity contribution >= 4 is 33.3 Å². The van der Waals surface area contributed by atoms with Gasteiger partial charge in [-0.15, -0.1) is 11.3 Å². The number of hydrogen-bond acceptors (Lipinski definition) is 5. The molecule has 0 aliphatic rings. The number of anilines is 1. The smallest absolute Gasteiger partial charge is 0.322 e. The van der Waals surface area contributed by atoms with Crippen LogP contribution in [0.15, 0.2) is 30.3 Å². The molecule has 1 aromatic carbocycles. The number of benzene rings is 1. The van der Waals surface area contributed by atoms with E-state index in [0.29, 0.717) is 18.1 Å². The molecule has 0 aliphatic heterocycles. The number of nitrogens with one attached hydrogen (secondary N) is 1. The fourth-order valence-electron chi connectivity index (χ4n) is 2.44. The highest BCUT2D eigenvalue weighted by atomic mass is 32.1. The van der Waals surface area contributed by atoms with Gasteiger partial charge in [-0.2, -0.15) is 0 Å². The highest BCUT2D eigenvalue weighted by Gasteiger charge is 2.15. The van der Waals surface area contributed by atoms with E-state index in [1.807, 2.05) is 44.2 Å². The lowest BCUT2D eigenvalue weighted by atomic mass is 10.1. The summed E-state index contributed by atoms with van der Waals surface area (Å²) in [5, 5.41) is 12.8. The molecule has 5 nitrogen and oxygen atoms in total. The summed E-state index contributed by atoms with van der Waals surface area (Å²) in [7, 11) is 0. The van der Waals surface area contributed by atoms with Crippen molar-refractivity contribution in [1.82, 2.24) is 9.97 Å². The van der Waals surface area contributed by atoms with Gasteiger partial charge >= 0.3 is 5.97 Å². The Morgan fingerprint density at radius 3 is 2.65 bits per heavy atom. The standard InChI is InChI=1S/C17H17N3O2S/c1-10-11(2)23-17-15(10)16(18-9-14(21)22)19-13(20-17)8-12-6-4-3-5-7-12/h3-7H,8-9H2,1-2H3,(H,21,22)(H,18,19,20). The quantitative estimate of drug-likeness (QED) is 0.751. The van der Waals surface area contributed by atoms with Gasteiger partial charge in [-0.25, -0.2) is 9.97 Å². The predicted octanol–water partition coefficient (Wildman–Crippen LogP) is 3.40. The van der Waals surface area contributed by atoms with Crippen LogP contribution in [0, 0.1) is 13.8 Å². The van der Waals surface area contributed by atoms with Gasteiger partial charge in [0.2, 0.25) is 0 Å². The number of aromatic nitrogens is 2. The average Bonchev–Trinajstić information content (AvgIpc) is 2.81. The van der Waals surface area contributed by atoms with E-state index in [1.54, 1.807) is 11.3 Å². The second-order valence-electron chi connectivity index (χ2n) is 5.36. The number of aryl methyl sites for hydroxylation is 2. The van der Waals surface area contributed by atoms with Crippen LogP contribution in [0.4, 0.5) is 5.82 Å². The summed E-state index contributed by atoms with van der Waals surface area (Å²) >= 11 is 1.61. The maximum Gasteiger partial charge on any atom is 0.322 e. The van der Waals surface area contributed by atoms with E-state index in [9.17, 15) is 4.79 Å². The molecule has 0 atom stereocenters. The van der Waals surface area contributed by atoms with E-state index >= 15 is 0 Å². The minimum Gasteiger partial charge on any atom is -0.480 e. The number of aliphatic carboxylic acids is 1. The zero-order chi connectivity index (χ0) is 16.4. The van der Waals surface area contributed by atoms with Gasteiger partial charge in [0, 0.05) is 11.3 Å². The number of carbonyl (C=O) groups is 1. The molecular weight excluding hydrogens is 310 g/mol. The van der Waals surface area contributed by atoms with E-state index in [4.69, 9.17) is 5.11 Å². The van der Waals surface area contributed by atoms with Gasteiger partial charge in [-0.05, 0) is 25.0 Å². The van der Waals surface area contributed by atoms with Crippen molar-refractivity contribution in [2.75, 3.05) is 11.9 Å². The second-order valence-corrected chi connectivity index (χ2v) is 6.56. The summed E-state index contributed by atoms with van der Waals surface area (Å²) < 4.78 is 0. The Morgan fingerprint density at radius 1 is 1.22 bits per heavy atom. The number of carboxylic acids is 1. The molecule has 0 aliphatic carbocycles. The minimum absolute atomic E-state index is 0.161. The van der Waals surface area contributed by atoms with Gasteiger partial charge < -0.3 is 10.4 Å². The molecule has 2 aromatic heterocycles. The van der Waals surface area contributed by atoms with Crippen LogP contribution in [0.3, 0.4) is 0 Å². The van der Waals surface area contributed by atoms with Crippen LogP contribution in [-0.4, -0.2) is 27.6 Å². The first kappa shape index (κ1) is 15.4. The minimum atomic E-state index is -0.911. The largest absolute Gasteiger partial charge is 0.480 e. The van der Waals surface area contributed by atoms with Crippen LogP contribution >= 0.6 is 11.3 Å². The maximum absolute atomic E-state index is 10.9. The Bertz CT molecular complexity index is 859. The predicted molar refractivity (Wildman–Crippen MR) is 92.3 cm³/mol. The molecule has 3 rings (SSSR count). The topological polar surface area (TPSA) is 75.1 Å². The number of nitrogens with zero attached hydrogens (tertiary/aromatic N) is 2. The first-order chi connectivity index (χ1) is 11.0. The number of thiophene rings is 1. The van der Waals surface area contributed by atoms with Gasteiger partial charge in [-0.1, -0.05) is 30.3 Å². The number of rotatable bonds is 5. The molecule has 0 saturated heterocycles. The van der Waals surface area contributed by atoms with Crippen LogP contribution in [0.5, 0.6) is 0 Å². The highest BCUT2D eigenvalue weighted by molar-refractivity contribution is 7.18. The Morgan fingerprint density at radius 2 is 1.96 bits per heavy atom. The molecular formula is C17H17N3O2S. The molecule has 6 heteroatoms. The highest BCUT2D eigenvalue weighted by Crippen LogP contribution is 2.33. The molecule has 0 unspecified atom stereocenters. The number of fused-ring (bicyclic) bond motifs is 1. The first-order valence-corrected chi connectivity index (χ1v) is 8.12. The lowest BCUT2D eigenvalue weighted by Crippen LogP contribution is -2.14. The second kappa shape index (κ2) is 6.34. The van der Waals surface area contributed by atoms with Crippen molar-refractivity contribution < 1.29 is 9.90 Å². The first-order valence-electron chi connectivity index (χ1n) is 7.31. The van der Waals surface area contributed by atoms with Gasteiger partial charge in [0.25, 0.3) is 0 Å². The van der Waals surface area contributed by atoms with Crippen molar-refractivity contribution in [2.45, 2.75) is 20.3 Å². The fourth-order valence-corrected chi connectivity index (χ4v) is 3.49. The van der Waals surface area contributed by atoms with Gasteiger partial charge in [-0.3, -0.25) is 4.79 Å². The summed E-state index contributed by atoms with van der Waals surface area (Å²) in [5.74, 6) is 0.383. The molecule has 0 saturated carbocycles. The van der Waals surface area contributed by atoms with Crippen LogP contribution in [-0.2, 0) is 11.2 Å². The summed E-state index contributed by atoms with van der Waals surface area (Å²) in [6.07, 6.45) is 0.620. The SMILES string of the molecule is Cc1sc2nc(Cc3ccccc3)nc(NCC(=O)O)c2c1C. The Balaban J connectivity index is 2.04. The average molecular weight is 327 g/mol. The summed E-state index contributed by atoms with van der Waals surface area (Å²) in [6, 6.07) is 10.00. The molecule has 0 spiro atoms. The Kier molecular flexibility index (Phi) is 4.25. The molecule has 0 fully saturated rings. The van der Waals surface area contributed by atoms with Gasteiger partial charge in [0.1, 0.15) is 23.0 Å². The monoisotopic (exact) mass is 327 g/mol. The Labute approximate surface area is 138 Å². The summed E-state index contributed by atoms with van der Waals surface area (Å²) in [4.78, 5) is 22.2. The van der Waals surface area contributed by atoms with Crippen LogP contribution in [0.2, 0.25) is 0 Å². The van der Waals surface area contributed by atoms with Gasteiger partial charge in [0.05, 0.1) is 5.39 Å². The third-order valence-electron chi connectivity index (χ3n) is 3.69. The van der Waals surface area contributed by atoms with E-state index in [2.05, 4.69) is 15.3 Å². The van der Waals surface area contributed by atoms with Crippen molar-refractivity contribution in [1.29, 1.82) is 0 Å². The molecule has 2 N–H and O–H groups in total. The van der Waals surface area contributed by atoms with Gasteiger partial charge in [0.15, 0.2) is 0 Å². The van der Waals surface area contributed by atoms with E-state index in [0.717, 1.165) is 21.3 Å². The zero-order valence-electron chi connectivity index (χ0n) is 13.0.